The van der Waals surface area contributed by atoms with Crippen LogP contribution in [0.25, 0.3) is 6.08 Å². The maximum atomic E-state index is 13.4. The van der Waals surface area contributed by atoms with Crippen molar-refractivity contribution in [2.24, 2.45) is 17.3 Å². The third-order valence-corrected chi connectivity index (χ3v) is 8.16. The Kier molecular flexibility index (Phi) is 11.1. The van der Waals surface area contributed by atoms with Crippen molar-refractivity contribution in [2.75, 3.05) is 0 Å². The fraction of sp³-hybridized carbons (Fsp3) is 0.667. The summed E-state index contributed by atoms with van der Waals surface area (Å²) in [5.41, 5.74) is 0.616. The second kappa shape index (κ2) is 13.1. The second-order valence-corrected chi connectivity index (χ2v) is 11.8. The monoisotopic (exact) mass is 525 g/mol. The zero-order valence-corrected chi connectivity index (χ0v) is 23.3. The van der Waals surface area contributed by atoms with E-state index in [1.165, 1.54) is 11.3 Å². The van der Waals surface area contributed by atoms with Crippen molar-refractivity contribution in [1.82, 2.24) is 4.98 Å². The van der Waals surface area contributed by atoms with Crippen LogP contribution in [0.1, 0.15) is 83.8 Å². The summed E-state index contributed by atoms with van der Waals surface area (Å²) < 4.78 is 5.70. The van der Waals surface area contributed by atoms with Gasteiger partial charge in [-0.1, -0.05) is 50.9 Å². The Hall–Kier alpha value is -1.54. The van der Waals surface area contributed by atoms with Gasteiger partial charge in [0.15, 0.2) is 0 Å². The minimum absolute atomic E-state index is 0.0609. The summed E-state index contributed by atoms with van der Waals surface area (Å²) in [5.74, 6) is -1.54. The van der Waals surface area contributed by atoms with Gasteiger partial charge in [-0.2, -0.15) is 0 Å². The first kappa shape index (κ1) is 29.7. The Bertz CT molecular complexity index is 938. The second-order valence-electron chi connectivity index (χ2n) is 10.3. The summed E-state index contributed by atoms with van der Waals surface area (Å²) >= 11 is 8.09. The van der Waals surface area contributed by atoms with Crippen LogP contribution in [0.5, 0.6) is 0 Å². The number of aliphatic hydroxyl groups is 2. The standard InChI is InChI=1S/C27H40ClNO5S/c1-7-20-25(32)17(3)10-8-9-16(2)11-12-22(21(28)13-19-15-35-18(4)29-19)34-24(31)14-23(30)27(5,6)26(20)33/h11,13,15,17,20,22-23,25,30,32H,7-10,12,14H2,1-6H3/t17-,20+,22-,23-,25-/m0/s1. The molecule has 0 fully saturated rings. The number of aromatic nitrogens is 1. The Balaban J connectivity index is 2.35. The molecule has 6 nitrogen and oxygen atoms in total. The van der Waals surface area contributed by atoms with Crippen LogP contribution in [-0.2, 0) is 14.3 Å². The predicted molar refractivity (Wildman–Crippen MR) is 141 cm³/mol. The molecule has 0 saturated carbocycles. The number of carbonyl (C=O) groups is 2. The molecule has 0 unspecified atom stereocenters. The molecule has 0 radical (unpaired) electrons. The van der Waals surface area contributed by atoms with Crippen LogP contribution in [-0.4, -0.2) is 45.3 Å². The van der Waals surface area contributed by atoms with Crippen molar-refractivity contribution in [2.45, 2.75) is 98.4 Å². The zero-order valence-electron chi connectivity index (χ0n) is 21.7. The first-order valence-corrected chi connectivity index (χ1v) is 13.7. The smallest absolute Gasteiger partial charge is 0.309 e. The number of aryl methyl sites for hydroxylation is 1. The minimum Gasteiger partial charge on any atom is -0.456 e. The van der Waals surface area contributed by atoms with E-state index in [1.807, 2.05) is 39.2 Å². The summed E-state index contributed by atoms with van der Waals surface area (Å²) in [6.45, 7) is 11.0. The van der Waals surface area contributed by atoms with E-state index in [1.54, 1.807) is 19.9 Å². The van der Waals surface area contributed by atoms with E-state index in [9.17, 15) is 19.8 Å². The number of ether oxygens (including phenoxy) is 1. The molecule has 0 spiro atoms. The number of ketones is 1. The average molecular weight is 526 g/mol. The number of thiazole rings is 1. The fourth-order valence-corrected chi connectivity index (χ4v) is 5.24. The number of cyclic esters (lactones) is 1. The number of allylic oxidation sites excluding steroid dienone is 1. The van der Waals surface area contributed by atoms with Crippen molar-refractivity contribution >= 4 is 40.8 Å². The molecule has 35 heavy (non-hydrogen) atoms. The Morgan fingerprint density at radius 2 is 2.00 bits per heavy atom. The van der Waals surface area contributed by atoms with E-state index in [0.29, 0.717) is 23.6 Å². The lowest BCUT2D eigenvalue weighted by molar-refractivity contribution is -0.154. The molecule has 196 valence electrons. The quantitative estimate of drug-likeness (QED) is 0.380. The molecule has 5 atom stereocenters. The molecule has 0 amide bonds. The molecule has 0 aliphatic carbocycles. The SMILES string of the molecule is CC[C@H]1C(=O)C(C)(C)[C@@H](O)CC(=O)O[C@H](C(Cl)=Cc2csc(C)n2)CC=C(C)CCC[C@H](C)[C@@H]1O. The zero-order chi connectivity index (χ0) is 26.3. The summed E-state index contributed by atoms with van der Waals surface area (Å²) in [5, 5.41) is 25.0. The van der Waals surface area contributed by atoms with Crippen molar-refractivity contribution in [3.63, 3.8) is 0 Å². The number of Topliss-reactive ketones (excluding diaryl/α,β-unsaturated/α-hetero) is 1. The fourth-order valence-electron chi connectivity index (χ4n) is 4.42. The molecule has 2 rings (SSSR count). The Morgan fingerprint density at radius 3 is 2.60 bits per heavy atom. The lowest BCUT2D eigenvalue weighted by Gasteiger charge is -2.35. The molecule has 2 heterocycles. The highest BCUT2D eigenvalue weighted by Gasteiger charge is 2.43. The van der Waals surface area contributed by atoms with E-state index in [4.69, 9.17) is 16.3 Å². The molecule has 0 saturated heterocycles. The lowest BCUT2D eigenvalue weighted by Crippen LogP contribution is -2.46. The number of hydrogen-bond acceptors (Lipinski definition) is 7. The van der Waals surface area contributed by atoms with Crippen LogP contribution in [0.4, 0.5) is 0 Å². The molecule has 0 bridgehead atoms. The summed E-state index contributed by atoms with van der Waals surface area (Å²) in [7, 11) is 0. The van der Waals surface area contributed by atoms with E-state index < -0.39 is 35.6 Å². The molecule has 2 N–H and O–H groups in total. The average Bonchev–Trinajstić information content (AvgIpc) is 3.20. The normalized spacial score (nSPS) is 30.0. The van der Waals surface area contributed by atoms with E-state index >= 15 is 0 Å². The minimum atomic E-state index is -1.26. The molecule has 8 heteroatoms. The van der Waals surface area contributed by atoms with Crippen molar-refractivity contribution in [1.29, 1.82) is 0 Å². The maximum absolute atomic E-state index is 13.4. The van der Waals surface area contributed by atoms with Gasteiger partial charge in [0.25, 0.3) is 0 Å². The van der Waals surface area contributed by atoms with Crippen LogP contribution < -0.4 is 0 Å². The predicted octanol–water partition coefficient (Wildman–Crippen LogP) is 5.83. The number of halogens is 1. The largest absolute Gasteiger partial charge is 0.456 e. The van der Waals surface area contributed by atoms with Crippen LogP contribution in [0.2, 0.25) is 0 Å². The van der Waals surface area contributed by atoms with Gasteiger partial charge >= 0.3 is 5.97 Å². The first-order valence-electron chi connectivity index (χ1n) is 12.4. The highest BCUT2D eigenvalue weighted by Crippen LogP contribution is 2.34. The molecule has 1 aromatic rings. The van der Waals surface area contributed by atoms with Gasteiger partial charge in [0, 0.05) is 17.7 Å². The van der Waals surface area contributed by atoms with E-state index in [0.717, 1.165) is 29.8 Å². The Labute approximate surface area is 218 Å². The van der Waals surface area contributed by atoms with Gasteiger partial charge < -0.3 is 14.9 Å². The third kappa shape index (κ3) is 8.24. The molecule has 1 aliphatic heterocycles. The molecule has 1 aromatic heterocycles. The molecular weight excluding hydrogens is 486 g/mol. The number of aliphatic hydroxyl groups excluding tert-OH is 2. The van der Waals surface area contributed by atoms with Crippen molar-refractivity contribution in [3.05, 3.63) is 32.8 Å². The van der Waals surface area contributed by atoms with Gasteiger partial charge in [0.2, 0.25) is 0 Å². The van der Waals surface area contributed by atoms with Gasteiger partial charge in [-0.05, 0) is 51.5 Å². The first-order chi connectivity index (χ1) is 16.4. The van der Waals surface area contributed by atoms with Gasteiger partial charge in [-0.3, -0.25) is 9.59 Å². The molecule has 1 aliphatic rings. The third-order valence-electron chi connectivity index (χ3n) is 7.01. The number of carbonyl (C=O) groups excluding carboxylic acids is 2. The number of nitrogens with zero attached hydrogens (tertiary/aromatic N) is 1. The molecular formula is C27H40ClNO5S. The van der Waals surface area contributed by atoms with Crippen LogP contribution in [0.15, 0.2) is 22.1 Å². The topological polar surface area (TPSA) is 96.7 Å². The summed E-state index contributed by atoms with van der Waals surface area (Å²) in [4.78, 5) is 30.6. The highest BCUT2D eigenvalue weighted by atomic mass is 35.5. The Morgan fingerprint density at radius 1 is 1.31 bits per heavy atom. The van der Waals surface area contributed by atoms with Gasteiger partial charge in [-0.25, -0.2) is 4.98 Å². The maximum Gasteiger partial charge on any atom is 0.309 e. The van der Waals surface area contributed by atoms with E-state index in [-0.39, 0.29) is 18.1 Å². The molecule has 0 aromatic carbocycles. The van der Waals surface area contributed by atoms with Crippen molar-refractivity contribution in [3.8, 4) is 0 Å². The van der Waals surface area contributed by atoms with Gasteiger partial charge in [0.05, 0.1) is 39.8 Å². The van der Waals surface area contributed by atoms with Crippen LogP contribution >= 0.6 is 22.9 Å². The highest BCUT2D eigenvalue weighted by molar-refractivity contribution is 7.09. The summed E-state index contributed by atoms with van der Waals surface area (Å²) in [6, 6.07) is 0. The van der Waals surface area contributed by atoms with Crippen molar-refractivity contribution < 1.29 is 24.5 Å². The number of hydrogen-bond donors (Lipinski definition) is 2. The summed E-state index contributed by atoms with van der Waals surface area (Å²) in [6.07, 6.45) is 3.93. The number of rotatable bonds is 3. The van der Waals surface area contributed by atoms with Crippen LogP contribution in [0.3, 0.4) is 0 Å². The van der Waals surface area contributed by atoms with E-state index in [2.05, 4.69) is 4.98 Å². The lowest BCUT2D eigenvalue weighted by atomic mass is 9.71. The number of esters is 1. The van der Waals surface area contributed by atoms with Gasteiger partial charge in [0.1, 0.15) is 11.9 Å². The van der Waals surface area contributed by atoms with Gasteiger partial charge in [-0.15, -0.1) is 11.3 Å². The van der Waals surface area contributed by atoms with Crippen LogP contribution in [0, 0.1) is 24.2 Å².